The fourth-order valence-corrected chi connectivity index (χ4v) is 2.97. The summed E-state index contributed by atoms with van der Waals surface area (Å²) in [5, 5.41) is 7.28. The predicted octanol–water partition coefficient (Wildman–Crippen LogP) is 1.16. The van der Waals surface area contributed by atoms with Gasteiger partial charge in [0.2, 0.25) is 0 Å². The Bertz CT molecular complexity index is 383. The van der Waals surface area contributed by atoms with Crippen LogP contribution in [0.15, 0.2) is 12.4 Å². The number of hydrogen-bond acceptors (Lipinski definition) is 4. The van der Waals surface area contributed by atoms with Gasteiger partial charge in [0.25, 0.3) is 0 Å². The average Bonchev–Trinajstić information content (AvgIpc) is 2.72. The molecule has 0 bridgehead atoms. The monoisotopic (exact) mass is 232 g/mol. The minimum atomic E-state index is 0.394. The second-order valence-corrected chi connectivity index (χ2v) is 5.34. The van der Waals surface area contributed by atoms with Crippen LogP contribution < -0.4 is 10.6 Å². The number of aryl methyl sites for hydroxylation is 1. The second kappa shape index (κ2) is 4.35. The molecule has 2 fully saturated rings. The predicted molar refractivity (Wildman–Crippen MR) is 66.6 cm³/mol. The molecule has 4 nitrogen and oxygen atoms in total. The van der Waals surface area contributed by atoms with E-state index in [0.29, 0.717) is 11.6 Å². The molecule has 2 aliphatic rings. The van der Waals surface area contributed by atoms with E-state index in [1.807, 2.05) is 19.3 Å². The van der Waals surface area contributed by atoms with E-state index in [-0.39, 0.29) is 0 Å². The zero-order valence-corrected chi connectivity index (χ0v) is 10.4. The highest BCUT2D eigenvalue weighted by molar-refractivity contribution is 5.09. The van der Waals surface area contributed by atoms with Crippen LogP contribution >= 0.6 is 0 Å². The normalized spacial score (nSPS) is 26.1. The molecule has 0 aromatic carbocycles. The van der Waals surface area contributed by atoms with E-state index >= 15 is 0 Å². The lowest BCUT2D eigenvalue weighted by molar-refractivity contribution is 0.169. The molecule has 3 rings (SSSR count). The third-order valence-corrected chi connectivity index (χ3v) is 4.16. The molecule has 1 aromatic heterocycles. The SMILES string of the molecule is Cc1cnc(CNC2CCNC23CCC3)nc1. The molecule has 1 aliphatic carbocycles. The van der Waals surface area contributed by atoms with Crippen molar-refractivity contribution in [1.29, 1.82) is 0 Å². The van der Waals surface area contributed by atoms with Gasteiger partial charge in [0.15, 0.2) is 0 Å². The summed E-state index contributed by atoms with van der Waals surface area (Å²) in [6.45, 7) is 3.95. The van der Waals surface area contributed by atoms with Crippen molar-refractivity contribution >= 4 is 0 Å². The molecule has 0 radical (unpaired) electrons. The van der Waals surface area contributed by atoms with Crippen molar-refractivity contribution in [3.63, 3.8) is 0 Å². The van der Waals surface area contributed by atoms with Gasteiger partial charge < -0.3 is 10.6 Å². The van der Waals surface area contributed by atoms with Gasteiger partial charge in [-0.2, -0.15) is 0 Å². The number of aromatic nitrogens is 2. The first kappa shape index (κ1) is 11.1. The number of nitrogens with one attached hydrogen (secondary N) is 2. The van der Waals surface area contributed by atoms with Gasteiger partial charge in [0.1, 0.15) is 5.82 Å². The Morgan fingerprint density at radius 2 is 2.18 bits per heavy atom. The molecule has 17 heavy (non-hydrogen) atoms. The van der Waals surface area contributed by atoms with Crippen LogP contribution in [0.4, 0.5) is 0 Å². The quantitative estimate of drug-likeness (QED) is 0.821. The van der Waals surface area contributed by atoms with Crippen LogP contribution in [-0.2, 0) is 6.54 Å². The molecule has 1 atom stereocenters. The van der Waals surface area contributed by atoms with Gasteiger partial charge in [0, 0.05) is 24.0 Å². The number of hydrogen-bond donors (Lipinski definition) is 2. The minimum absolute atomic E-state index is 0.394. The fraction of sp³-hybridized carbons (Fsp3) is 0.692. The largest absolute Gasteiger partial charge is 0.310 e. The fourth-order valence-electron chi connectivity index (χ4n) is 2.97. The summed E-state index contributed by atoms with van der Waals surface area (Å²) in [7, 11) is 0. The highest BCUT2D eigenvalue weighted by atomic mass is 15.1. The Labute approximate surface area is 102 Å². The van der Waals surface area contributed by atoms with Gasteiger partial charge in [-0.15, -0.1) is 0 Å². The van der Waals surface area contributed by atoms with Crippen LogP contribution in [-0.4, -0.2) is 28.1 Å². The van der Waals surface area contributed by atoms with Crippen LogP contribution in [0.2, 0.25) is 0 Å². The maximum absolute atomic E-state index is 4.34. The van der Waals surface area contributed by atoms with E-state index < -0.39 is 0 Å². The van der Waals surface area contributed by atoms with Crippen LogP contribution in [0, 0.1) is 6.92 Å². The maximum atomic E-state index is 4.34. The summed E-state index contributed by atoms with van der Waals surface area (Å²) < 4.78 is 0. The third kappa shape index (κ3) is 2.07. The molecule has 4 heteroatoms. The van der Waals surface area contributed by atoms with Crippen LogP contribution in [0.5, 0.6) is 0 Å². The van der Waals surface area contributed by atoms with Crippen molar-refractivity contribution in [3.05, 3.63) is 23.8 Å². The average molecular weight is 232 g/mol. The summed E-state index contributed by atoms with van der Waals surface area (Å²) in [4.78, 5) is 8.67. The van der Waals surface area contributed by atoms with E-state index in [9.17, 15) is 0 Å². The molecule has 1 aliphatic heterocycles. The van der Waals surface area contributed by atoms with Gasteiger partial charge in [-0.3, -0.25) is 0 Å². The molecule has 1 saturated heterocycles. The first-order chi connectivity index (χ1) is 8.28. The van der Waals surface area contributed by atoms with Crippen molar-refractivity contribution in [2.24, 2.45) is 0 Å². The molecule has 2 N–H and O–H groups in total. The Kier molecular flexibility index (Phi) is 2.84. The summed E-state index contributed by atoms with van der Waals surface area (Å²) in [5.74, 6) is 0.900. The van der Waals surface area contributed by atoms with E-state index in [1.165, 1.54) is 25.7 Å². The lowest BCUT2D eigenvalue weighted by Gasteiger charge is -2.43. The Morgan fingerprint density at radius 1 is 1.41 bits per heavy atom. The Hall–Kier alpha value is -1.00. The van der Waals surface area contributed by atoms with E-state index in [2.05, 4.69) is 20.6 Å². The highest BCUT2D eigenvalue weighted by Crippen LogP contribution is 2.39. The molecule has 0 amide bonds. The zero-order chi connectivity index (χ0) is 11.7. The smallest absolute Gasteiger partial charge is 0.141 e. The topological polar surface area (TPSA) is 49.8 Å². The first-order valence-electron chi connectivity index (χ1n) is 6.54. The number of nitrogens with zero attached hydrogens (tertiary/aromatic N) is 2. The van der Waals surface area contributed by atoms with Crippen molar-refractivity contribution in [3.8, 4) is 0 Å². The van der Waals surface area contributed by atoms with Gasteiger partial charge in [-0.1, -0.05) is 0 Å². The Morgan fingerprint density at radius 3 is 2.82 bits per heavy atom. The minimum Gasteiger partial charge on any atom is -0.310 e. The van der Waals surface area contributed by atoms with E-state index in [0.717, 1.165) is 24.5 Å². The van der Waals surface area contributed by atoms with Gasteiger partial charge in [-0.25, -0.2) is 9.97 Å². The van der Waals surface area contributed by atoms with E-state index in [1.54, 1.807) is 0 Å². The zero-order valence-electron chi connectivity index (χ0n) is 10.4. The summed E-state index contributed by atoms with van der Waals surface area (Å²) in [6, 6.07) is 0.598. The van der Waals surface area contributed by atoms with Crippen LogP contribution in [0.25, 0.3) is 0 Å². The standard InChI is InChI=1S/C13H20N4/c1-10-7-15-12(16-8-10)9-14-11-3-6-17-13(11)4-2-5-13/h7-8,11,14,17H,2-6,9H2,1H3. The lowest BCUT2D eigenvalue weighted by Crippen LogP contribution is -2.58. The molecule has 2 heterocycles. The molecule has 1 aromatic rings. The van der Waals surface area contributed by atoms with Crippen molar-refractivity contribution in [1.82, 2.24) is 20.6 Å². The molecule has 1 spiro atoms. The van der Waals surface area contributed by atoms with E-state index in [4.69, 9.17) is 0 Å². The maximum Gasteiger partial charge on any atom is 0.141 e. The van der Waals surface area contributed by atoms with Crippen molar-refractivity contribution in [2.75, 3.05) is 6.54 Å². The molecule has 92 valence electrons. The number of rotatable bonds is 3. The van der Waals surface area contributed by atoms with Gasteiger partial charge >= 0.3 is 0 Å². The molecule has 1 unspecified atom stereocenters. The third-order valence-electron chi connectivity index (χ3n) is 4.16. The first-order valence-corrected chi connectivity index (χ1v) is 6.54. The second-order valence-electron chi connectivity index (χ2n) is 5.34. The summed E-state index contributed by atoms with van der Waals surface area (Å²) in [5.41, 5.74) is 1.51. The van der Waals surface area contributed by atoms with Crippen molar-refractivity contribution in [2.45, 2.75) is 50.7 Å². The lowest BCUT2D eigenvalue weighted by atomic mass is 9.73. The van der Waals surface area contributed by atoms with Gasteiger partial charge in [-0.05, 0) is 44.7 Å². The Balaban J connectivity index is 1.59. The van der Waals surface area contributed by atoms with Gasteiger partial charge in [0.05, 0.1) is 6.54 Å². The summed E-state index contributed by atoms with van der Waals surface area (Å²) in [6.07, 6.45) is 9.00. The summed E-state index contributed by atoms with van der Waals surface area (Å²) >= 11 is 0. The molecular formula is C13H20N4. The van der Waals surface area contributed by atoms with Crippen LogP contribution in [0.3, 0.4) is 0 Å². The van der Waals surface area contributed by atoms with Crippen LogP contribution in [0.1, 0.15) is 37.1 Å². The van der Waals surface area contributed by atoms with Crippen molar-refractivity contribution < 1.29 is 0 Å². The highest BCUT2D eigenvalue weighted by Gasteiger charge is 2.46. The molecular weight excluding hydrogens is 212 g/mol. The molecule has 1 saturated carbocycles.